The Morgan fingerprint density at radius 3 is 2.69 bits per heavy atom. The first-order valence-electron chi connectivity index (χ1n) is 7.79. The molecule has 26 heavy (non-hydrogen) atoms. The molecule has 1 aliphatic rings. The number of halogens is 2. The average molecular weight is 386 g/mol. The normalized spacial score (nSPS) is 14.4. The highest BCUT2D eigenvalue weighted by molar-refractivity contribution is 7.11. The topological polar surface area (TPSA) is 60.2 Å². The zero-order valence-electron chi connectivity index (χ0n) is 13.4. The number of hydrogen-bond acceptors (Lipinski definition) is 4. The van der Waals surface area contributed by atoms with Gasteiger partial charge in [0, 0.05) is 16.6 Å². The number of anilines is 1. The van der Waals surface area contributed by atoms with Crippen molar-refractivity contribution in [3.05, 3.63) is 75.5 Å². The molecule has 0 aliphatic carbocycles. The fraction of sp³-hybridized carbons (Fsp3) is 0.0526. The summed E-state index contributed by atoms with van der Waals surface area (Å²) < 4.78 is 13.4. The number of nitrogens with zero attached hydrogens (tertiary/aromatic N) is 2. The molecule has 3 aromatic rings. The summed E-state index contributed by atoms with van der Waals surface area (Å²) in [5.74, 6) is -0.352. The van der Waals surface area contributed by atoms with Gasteiger partial charge in [0.05, 0.1) is 22.8 Å². The van der Waals surface area contributed by atoms with Gasteiger partial charge >= 0.3 is 0 Å². The van der Waals surface area contributed by atoms with E-state index >= 15 is 0 Å². The fourth-order valence-corrected chi connectivity index (χ4v) is 3.88. The van der Waals surface area contributed by atoms with Crippen LogP contribution in [0.4, 0.5) is 10.1 Å². The fourth-order valence-electron chi connectivity index (χ4n) is 2.81. The summed E-state index contributed by atoms with van der Waals surface area (Å²) in [5.41, 5.74) is 2.70. The molecule has 0 saturated carbocycles. The van der Waals surface area contributed by atoms with Crippen LogP contribution >= 0.6 is 22.9 Å². The number of aromatic nitrogens is 1. The van der Waals surface area contributed by atoms with Crippen LogP contribution in [0.5, 0.6) is 0 Å². The molecular formula is C19H13ClFN3OS. The minimum absolute atomic E-state index is 0.0242. The first kappa shape index (κ1) is 16.8. The minimum atomic E-state index is -0.522. The maximum atomic E-state index is 13.4. The largest absolute Gasteiger partial charge is 0.510 e. The van der Waals surface area contributed by atoms with Crippen LogP contribution in [0.1, 0.15) is 5.01 Å². The molecule has 1 aliphatic heterocycles. The Morgan fingerprint density at radius 1 is 1.19 bits per heavy atom. The third kappa shape index (κ3) is 2.87. The van der Waals surface area contributed by atoms with E-state index in [-0.39, 0.29) is 23.2 Å². The first-order valence-corrected chi connectivity index (χ1v) is 9.05. The Balaban J connectivity index is 1.65. The molecule has 4 rings (SSSR count). The second-order valence-corrected chi connectivity index (χ2v) is 7.02. The van der Waals surface area contributed by atoms with Gasteiger partial charge < -0.3 is 10.0 Å². The standard InChI is InChI=1S/C19H13ClFN3OS/c20-13-8-12(6-7-14(13)21)24-9-16(25)17(18(24)22)19-23-15(10-26-19)11-4-2-1-3-5-11/h1-8,10,22,25H,9H2. The van der Waals surface area contributed by atoms with E-state index in [1.807, 2.05) is 35.7 Å². The van der Waals surface area contributed by atoms with E-state index in [9.17, 15) is 9.50 Å². The lowest BCUT2D eigenvalue weighted by Gasteiger charge is -2.18. The number of aliphatic hydroxyl groups is 1. The summed E-state index contributed by atoms with van der Waals surface area (Å²) in [4.78, 5) is 6.14. The third-order valence-corrected chi connectivity index (χ3v) is 5.26. The number of nitrogens with one attached hydrogen (secondary N) is 1. The Morgan fingerprint density at radius 2 is 1.96 bits per heavy atom. The number of thiazole rings is 1. The van der Waals surface area contributed by atoms with E-state index in [2.05, 4.69) is 4.98 Å². The lowest BCUT2D eigenvalue weighted by atomic mass is 10.2. The quantitative estimate of drug-likeness (QED) is 0.637. The maximum absolute atomic E-state index is 13.4. The highest BCUT2D eigenvalue weighted by atomic mass is 35.5. The number of hydrogen-bond donors (Lipinski definition) is 2. The van der Waals surface area contributed by atoms with Crippen LogP contribution in [-0.4, -0.2) is 22.5 Å². The monoisotopic (exact) mass is 385 g/mol. The molecule has 0 bridgehead atoms. The molecule has 0 unspecified atom stereocenters. The van der Waals surface area contributed by atoms with E-state index in [0.717, 1.165) is 11.3 Å². The third-order valence-electron chi connectivity index (χ3n) is 4.11. The van der Waals surface area contributed by atoms with Crippen molar-refractivity contribution in [3.63, 3.8) is 0 Å². The second kappa shape index (κ2) is 6.55. The predicted molar refractivity (Wildman–Crippen MR) is 104 cm³/mol. The molecule has 0 fully saturated rings. The highest BCUT2D eigenvalue weighted by Crippen LogP contribution is 2.35. The molecule has 7 heteroatoms. The molecule has 2 aromatic carbocycles. The van der Waals surface area contributed by atoms with Gasteiger partial charge in [0.2, 0.25) is 0 Å². The molecule has 4 nitrogen and oxygen atoms in total. The van der Waals surface area contributed by atoms with E-state index in [0.29, 0.717) is 16.3 Å². The minimum Gasteiger partial charge on any atom is -0.510 e. The van der Waals surface area contributed by atoms with Crippen molar-refractivity contribution in [1.29, 1.82) is 5.41 Å². The molecular weight excluding hydrogens is 373 g/mol. The van der Waals surface area contributed by atoms with Crippen LogP contribution in [0.2, 0.25) is 5.02 Å². The van der Waals surface area contributed by atoms with Gasteiger partial charge in [-0.1, -0.05) is 41.9 Å². The van der Waals surface area contributed by atoms with Gasteiger partial charge in [-0.3, -0.25) is 5.41 Å². The Labute approximate surface area is 158 Å². The molecule has 1 aromatic heterocycles. The molecule has 0 atom stereocenters. The lowest BCUT2D eigenvalue weighted by Crippen LogP contribution is -2.26. The second-order valence-electron chi connectivity index (χ2n) is 5.76. The molecule has 0 radical (unpaired) electrons. The summed E-state index contributed by atoms with van der Waals surface area (Å²) in [6.07, 6.45) is 0. The van der Waals surface area contributed by atoms with E-state index in [1.54, 1.807) is 4.90 Å². The van der Waals surface area contributed by atoms with Gasteiger partial charge in [0.15, 0.2) is 0 Å². The summed E-state index contributed by atoms with van der Waals surface area (Å²) >= 11 is 7.21. The molecule has 0 amide bonds. The number of aliphatic hydroxyl groups excluding tert-OH is 1. The van der Waals surface area contributed by atoms with Crippen molar-refractivity contribution < 1.29 is 9.50 Å². The number of rotatable bonds is 3. The summed E-state index contributed by atoms with van der Waals surface area (Å²) in [6.45, 7) is 0.121. The van der Waals surface area contributed by atoms with E-state index < -0.39 is 5.82 Å². The summed E-state index contributed by atoms with van der Waals surface area (Å²) in [6, 6.07) is 13.9. The van der Waals surface area contributed by atoms with Crippen LogP contribution in [0, 0.1) is 11.2 Å². The number of benzene rings is 2. The van der Waals surface area contributed by atoms with Crippen molar-refractivity contribution in [2.45, 2.75) is 0 Å². The molecule has 2 N–H and O–H groups in total. The van der Waals surface area contributed by atoms with E-state index in [1.165, 1.54) is 29.5 Å². The zero-order chi connectivity index (χ0) is 18.3. The number of amidine groups is 1. The summed E-state index contributed by atoms with van der Waals surface area (Å²) in [7, 11) is 0. The molecule has 0 spiro atoms. The van der Waals surface area contributed by atoms with Crippen molar-refractivity contribution >= 4 is 40.0 Å². The smallest absolute Gasteiger partial charge is 0.141 e. The SMILES string of the molecule is N=C1C(c2nc(-c3ccccc3)cs2)=C(O)CN1c1ccc(F)c(Cl)c1. The van der Waals surface area contributed by atoms with Gasteiger partial charge in [0.1, 0.15) is 22.4 Å². The van der Waals surface area contributed by atoms with Crippen LogP contribution in [0.3, 0.4) is 0 Å². The first-order chi connectivity index (χ1) is 12.5. The highest BCUT2D eigenvalue weighted by Gasteiger charge is 2.31. The molecule has 130 valence electrons. The Kier molecular flexibility index (Phi) is 4.22. The van der Waals surface area contributed by atoms with Crippen molar-refractivity contribution in [2.75, 3.05) is 11.4 Å². The van der Waals surface area contributed by atoms with Crippen LogP contribution in [-0.2, 0) is 0 Å². The van der Waals surface area contributed by atoms with Crippen molar-refractivity contribution in [2.24, 2.45) is 0 Å². The van der Waals surface area contributed by atoms with Crippen LogP contribution in [0.25, 0.3) is 16.8 Å². The molecule has 2 heterocycles. The molecule has 0 saturated heterocycles. The van der Waals surface area contributed by atoms with Crippen LogP contribution < -0.4 is 4.90 Å². The predicted octanol–water partition coefficient (Wildman–Crippen LogP) is 5.37. The van der Waals surface area contributed by atoms with Gasteiger partial charge in [-0.05, 0) is 18.2 Å². The average Bonchev–Trinajstić information content (AvgIpc) is 3.23. The maximum Gasteiger partial charge on any atom is 0.141 e. The Bertz CT molecular complexity index is 1030. The van der Waals surface area contributed by atoms with Crippen molar-refractivity contribution in [1.82, 2.24) is 4.98 Å². The summed E-state index contributed by atoms with van der Waals surface area (Å²) in [5, 5.41) is 21.3. The van der Waals surface area contributed by atoms with Gasteiger partial charge in [-0.25, -0.2) is 9.37 Å². The Hall–Kier alpha value is -2.70. The van der Waals surface area contributed by atoms with Gasteiger partial charge in [-0.15, -0.1) is 11.3 Å². The van der Waals surface area contributed by atoms with Crippen molar-refractivity contribution in [3.8, 4) is 11.3 Å². The van der Waals surface area contributed by atoms with Gasteiger partial charge in [-0.2, -0.15) is 0 Å². The van der Waals surface area contributed by atoms with Crippen LogP contribution in [0.15, 0.2) is 59.7 Å². The van der Waals surface area contributed by atoms with E-state index in [4.69, 9.17) is 17.0 Å². The van der Waals surface area contributed by atoms with Gasteiger partial charge in [0.25, 0.3) is 0 Å². The zero-order valence-corrected chi connectivity index (χ0v) is 15.0. The lowest BCUT2D eigenvalue weighted by molar-refractivity contribution is 0.411.